The molecule has 0 amide bonds. The summed E-state index contributed by atoms with van der Waals surface area (Å²) in [6, 6.07) is 0. The summed E-state index contributed by atoms with van der Waals surface area (Å²) in [6.45, 7) is 3.85. The van der Waals surface area contributed by atoms with Gasteiger partial charge < -0.3 is 0 Å². The van der Waals surface area contributed by atoms with E-state index >= 15 is 0 Å². The summed E-state index contributed by atoms with van der Waals surface area (Å²) in [7, 11) is 0. The Bertz CT molecular complexity index is 85.1. The van der Waals surface area contributed by atoms with Crippen molar-refractivity contribution in [3.8, 4) is 0 Å². The van der Waals surface area contributed by atoms with Crippen molar-refractivity contribution in [1.29, 1.82) is 0 Å². The van der Waals surface area contributed by atoms with E-state index in [2.05, 4.69) is 9.78 Å². The molecule has 10 heavy (non-hydrogen) atoms. The molecular formula is C6H13KO3. The zero-order valence-corrected chi connectivity index (χ0v) is 5.85. The fourth-order valence-electron chi connectivity index (χ4n) is 0.328. The molecule has 0 radical (unpaired) electrons. The predicted molar refractivity (Wildman–Crippen MR) is 39.8 cm³/mol. The molecule has 0 aromatic heterocycles. The first-order valence-electron chi connectivity index (χ1n) is 3.07. The number of unbranched alkanes of at least 4 members (excludes halogenated alkanes) is 1. The zero-order chi connectivity index (χ0) is 7.11. The van der Waals surface area contributed by atoms with E-state index in [1.165, 1.54) is 6.92 Å². The predicted octanol–water partition coefficient (Wildman–Crippen LogP) is 0.633. The second kappa shape index (κ2) is 10.1. The average Bonchev–Trinajstić information content (AvgIpc) is 1.80. The Hall–Kier alpha value is 1.07. The fourth-order valence-corrected chi connectivity index (χ4v) is 0.328. The van der Waals surface area contributed by atoms with Gasteiger partial charge in [-0.2, -0.15) is 4.89 Å². The topological polar surface area (TPSA) is 35.5 Å². The van der Waals surface area contributed by atoms with Crippen molar-refractivity contribution < 1.29 is 14.6 Å². The molecule has 0 saturated carbocycles. The summed E-state index contributed by atoms with van der Waals surface area (Å²) in [5, 5.41) is 0. The van der Waals surface area contributed by atoms with E-state index < -0.39 is 5.97 Å². The van der Waals surface area contributed by atoms with Gasteiger partial charge in [0.1, 0.15) is 0 Å². The molecule has 0 saturated heterocycles. The van der Waals surface area contributed by atoms with Crippen LogP contribution in [0, 0.1) is 0 Å². The monoisotopic (exact) mass is 172 g/mol. The van der Waals surface area contributed by atoms with Gasteiger partial charge in [-0.3, -0.25) is 4.89 Å². The molecule has 0 heterocycles. The molecule has 0 fully saturated rings. The van der Waals surface area contributed by atoms with Crippen LogP contribution in [0.1, 0.15) is 26.7 Å². The van der Waals surface area contributed by atoms with Crippen LogP contribution < -0.4 is 0 Å². The van der Waals surface area contributed by atoms with Crippen LogP contribution in [0.4, 0.5) is 0 Å². The van der Waals surface area contributed by atoms with Crippen LogP contribution in [0.3, 0.4) is 0 Å². The second-order valence-electron chi connectivity index (χ2n) is 1.75. The molecule has 0 aromatic rings. The van der Waals surface area contributed by atoms with Crippen molar-refractivity contribution >= 4 is 57.4 Å². The molecule has 4 heteroatoms. The number of hydrogen-bond donors (Lipinski definition) is 0. The van der Waals surface area contributed by atoms with E-state index in [0.29, 0.717) is 6.61 Å². The van der Waals surface area contributed by atoms with E-state index in [1.807, 2.05) is 6.92 Å². The molecule has 0 rings (SSSR count). The summed E-state index contributed by atoms with van der Waals surface area (Å²) >= 11 is 0. The Morgan fingerprint density at radius 1 is 1.50 bits per heavy atom. The SMILES string of the molecule is CCCCOOC(C)=O.[KH]. The average molecular weight is 172 g/mol. The summed E-state index contributed by atoms with van der Waals surface area (Å²) in [5.41, 5.74) is 0. The van der Waals surface area contributed by atoms with Crippen molar-refractivity contribution in [2.24, 2.45) is 0 Å². The van der Waals surface area contributed by atoms with Gasteiger partial charge in [0.05, 0.1) is 6.61 Å². The molecule has 0 aliphatic heterocycles. The van der Waals surface area contributed by atoms with Crippen LogP contribution in [0.5, 0.6) is 0 Å². The van der Waals surface area contributed by atoms with Crippen LogP contribution in [-0.4, -0.2) is 64.0 Å². The molecule has 0 aliphatic rings. The third-order valence-corrected chi connectivity index (χ3v) is 0.758. The van der Waals surface area contributed by atoms with Crippen LogP contribution in [0.15, 0.2) is 0 Å². The first kappa shape index (κ1) is 13.6. The van der Waals surface area contributed by atoms with Gasteiger partial charge in [-0.25, -0.2) is 4.79 Å². The van der Waals surface area contributed by atoms with Gasteiger partial charge in [-0.1, -0.05) is 13.3 Å². The van der Waals surface area contributed by atoms with Crippen LogP contribution in [0.2, 0.25) is 0 Å². The number of hydrogen-bond acceptors (Lipinski definition) is 3. The molecule has 0 spiro atoms. The third-order valence-electron chi connectivity index (χ3n) is 0.758. The second-order valence-corrected chi connectivity index (χ2v) is 1.75. The molecule has 3 nitrogen and oxygen atoms in total. The minimum absolute atomic E-state index is 0. The Morgan fingerprint density at radius 3 is 2.50 bits per heavy atom. The van der Waals surface area contributed by atoms with Gasteiger partial charge in [0, 0.05) is 6.92 Å². The van der Waals surface area contributed by atoms with Crippen molar-refractivity contribution in [3.05, 3.63) is 0 Å². The summed E-state index contributed by atoms with van der Waals surface area (Å²) in [6.07, 6.45) is 1.97. The van der Waals surface area contributed by atoms with Gasteiger partial charge in [0.25, 0.3) is 0 Å². The van der Waals surface area contributed by atoms with Crippen molar-refractivity contribution in [3.63, 3.8) is 0 Å². The van der Waals surface area contributed by atoms with Gasteiger partial charge >= 0.3 is 57.4 Å². The van der Waals surface area contributed by atoms with E-state index in [9.17, 15) is 4.79 Å². The molecule has 0 unspecified atom stereocenters. The van der Waals surface area contributed by atoms with Crippen LogP contribution >= 0.6 is 0 Å². The van der Waals surface area contributed by atoms with E-state index in [1.54, 1.807) is 0 Å². The summed E-state index contributed by atoms with van der Waals surface area (Å²) in [5.74, 6) is -0.397. The minimum atomic E-state index is -0.397. The molecule has 0 atom stereocenters. The number of rotatable bonds is 4. The normalized spacial score (nSPS) is 8.20. The summed E-state index contributed by atoms with van der Waals surface area (Å²) < 4.78 is 0. The van der Waals surface area contributed by atoms with Crippen LogP contribution in [0.25, 0.3) is 0 Å². The number of carbonyl (C=O) groups excluding carboxylic acids is 1. The summed E-state index contributed by atoms with van der Waals surface area (Å²) in [4.78, 5) is 18.8. The number of carbonyl (C=O) groups is 1. The maximum absolute atomic E-state index is 10.1. The first-order chi connectivity index (χ1) is 4.27. The van der Waals surface area contributed by atoms with E-state index in [0.717, 1.165) is 12.8 Å². The quantitative estimate of drug-likeness (QED) is 0.270. The first-order valence-corrected chi connectivity index (χ1v) is 3.07. The zero-order valence-electron chi connectivity index (χ0n) is 5.85. The molecule has 0 aliphatic carbocycles. The Morgan fingerprint density at radius 2 is 2.10 bits per heavy atom. The van der Waals surface area contributed by atoms with E-state index in [4.69, 9.17) is 0 Å². The van der Waals surface area contributed by atoms with Gasteiger partial charge in [-0.15, -0.1) is 0 Å². The third kappa shape index (κ3) is 11.8. The van der Waals surface area contributed by atoms with Gasteiger partial charge in [0.15, 0.2) is 0 Å². The van der Waals surface area contributed by atoms with E-state index in [-0.39, 0.29) is 51.4 Å². The molecule has 0 aromatic carbocycles. The Kier molecular flexibility index (Phi) is 13.7. The van der Waals surface area contributed by atoms with Crippen molar-refractivity contribution in [2.45, 2.75) is 26.7 Å². The van der Waals surface area contributed by atoms with Crippen molar-refractivity contribution in [1.82, 2.24) is 0 Å². The fraction of sp³-hybridized carbons (Fsp3) is 0.833. The van der Waals surface area contributed by atoms with Crippen molar-refractivity contribution in [2.75, 3.05) is 6.61 Å². The van der Waals surface area contributed by atoms with Gasteiger partial charge in [0.2, 0.25) is 0 Å². The Labute approximate surface area is 104 Å². The molecule has 56 valence electrons. The molecule has 0 N–H and O–H groups in total. The van der Waals surface area contributed by atoms with Gasteiger partial charge in [-0.05, 0) is 6.42 Å². The molecular weight excluding hydrogens is 159 g/mol. The Balaban J connectivity index is 0. The standard InChI is InChI=1S/C6H12O3.K.H/c1-3-4-5-8-9-6(2)7;;/h3-5H2,1-2H3;;. The maximum atomic E-state index is 10.1. The molecule has 0 bridgehead atoms. The van der Waals surface area contributed by atoms with Crippen LogP contribution in [-0.2, 0) is 14.6 Å².